The van der Waals surface area contributed by atoms with E-state index in [4.69, 9.17) is 9.72 Å². The SMILES string of the molecule is CCn1c(CN2CCCCCCC2)nc2cc(S(=O)(=O)N3CCOCC3)ccc21. The van der Waals surface area contributed by atoms with Gasteiger partial charge in [0.15, 0.2) is 0 Å². The molecule has 160 valence electrons. The van der Waals surface area contributed by atoms with Gasteiger partial charge in [0.1, 0.15) is 5.82 Å². The number of ether oxygens (including phenoxy) is 1. The van der Waals surface area contributed by atoms with E-state index in [1.165, 1.54) is 36.4 Å². The van der Waals surface area contributed by atoms with Crippen molar-refractivity contribution in [3.63, 3.8) is 0 Å². The highest BCUT2D eigenvalue weighted by Crippen LogP contribution is 2.24. The van der Waals surface area contributed by atoms with E-state index in [0.29, 0.717) is 31.2 Å². The normalized spacial score (nSPS) is 20.6. The standard InChI is InChI=1S/C21H32N4O3S/c1-2-25-20-9-8-18(29(26,27)24-12-14-28-15-13-24)16-19(20)22-21(25)17-23-10-6-4-3-5-7-11-23/h8-9,16H,2-7,10-15,17H2,1H3. The zero-order valence-electron chi connectivity index (χ0n) is 17.3. The number of sulfonamides is 1. The van der Waals surface area contributed by atoms with E-state index < -0.39 is 10.0 Å². The number of aryl methyl sites for hydroxylation is 1. The summed E-state index contributed by atoms with van der Waals surface area (Å²) in [4.78, 5) is 7.69. The number of likely N-dealkylation sites (tertiary alicyclic amines) is 1. The summed E-state index contributed by atoms with van der Waals surface area (Å²) < 4.78 is 35.0. The highest BCUT2D eigenvalue weighted by molar-refractivity contribution is 7.89. The first-order chi connectivity index (χ1) is 14.1. The minimum Gasteiger partial charge on any atom is -0.379 e. The molecule has 29 heavy (non-hydrogen) atoms. The summed E-state index contributed by atoms with van der Waals surface area (Å²) in [7, 11) is -3.51. The molecule has 2 aliphatic rings. The fourth-order valence-electron chi connectivity index (χ4n) is 4.40. The maximum Gasteiger partial charge on any atom is 0.243 e. The Kier molecular flexibility index (Phi) is 6.53. The van der Waals surface area contributed by atoms with Crippen LogP contribution in [-0.4, -0.2) is 66.6 Å². The van der Waals surface area contributed by atoms with Crippen molar-refractivity contribution in [2.75, 3.05) is 39.4 Å². The lowest BCUT2D eigenvalue weighted by Crippen LogP contribution is -2.40. The van der Waals surface area contributed by atoms with Crippen molar-refractivity contribution in [2.45, 2.75) is 57.0 Å². The molecule has 8 heteroatoms. The van der Waals surface area contributed by atoms with Crippen LogP contribution < -0.4 is 0 Å². The molecule has 7 nitrogen and oxygen atoms in total. The molecule has 4 rings (SSSR count). The summed E-state index contributed by atoms with van der Waals surface area (Å²) >= 11 is 0. The molecule has 0 atom stereocenters. The second-order valence-electron chi connectivity index (χ2n) is 7.98. The van der Waals surface area contributed by atoms with Crippen LogP contribution in [0.4, 0.5) is 0 Å². The molecular weight excluding hydrogens is 388 g/mol. The van der Waals surface area contributed by atoms with Crippen molar-refractivity contribution in [1.82, 2.24) is 18.8 Å². The van der Waals surface area contributed by atoms with E-state index in [0.717, 1.165) is 43.0 Å². The second kappa shape index (κ2) is 9.12. The number of hydrogen-bond acceptors (Lipinski definition) is 5. The Morgan fingerprint density at radius 2 is 1.69 bits per heavy atom. The molecule has 2 aromatic rings. The molecular formula is C21H32N4O3S. The summed E-state index contributed by atoms with van der Waals surface area (Å²) in [5.74, 6) is 1.03. The van der Waals surface area contributed by atoms with Crippen molar-refractivity contribution in [3.05, 3.63) is 24.0 Å². The van der Waals surface area contributed by atoms with E-state index in [1.807, 2.05) is 6.07 Å². The Morgan fingerprint density at radius 3 is 2.38 bits per heavy atom. The number of fused-ring (bicyclic) bond motifs is 1. The molecule has 1 aromatic carbocycles. The van der Waals surface area contributed by atoms with E-state index in [9.17, 15) is 8.42 Å². The fraction of sp³-hybridized carbons (Fsp3) is 0.667. The maximum absolute atomic E-state index is 13.0. The molecule has 0 spiro atoms. The summed E-state index contributed by atoms with van der Waals surface area (Å²) in [5.41, 5.74) is 1.78. The van der Waals surface area contributed by atoms with Crippen LogP contribution in [0.15, 0.2) is 23.1 Å². The average Bonchev–Trinajstić information content (AvgIpc) is 3.06. The van der Waals surface area contributed by atoms with Gasteiger partial charge in [0.05, 0.1) is 35.7 Å². The third-order valence-electron chi connectivity index (χ3n) is 6.04. The molecule has 0 radical (unpaired) electrons. The second-order valence-corrected chi connectivity index (χ2v) is 9.92. The number of benzene rings is 1. The van der Waals surface area contributed by atoms with Crippen LogP contribution >= 0.6 is 0 Å². The van der Waals surface area contributed by atoms with Crippen LogP contribution in [0.5, 0.6) is 0 Å². The molecule has 0 aliphatic carbocycles. The number of imidazole rings is 1. The topological polar surface area (TPSA) is 67.7 Å². The average molecular weight is 421 g/mol. The van der Waals surface area contributed by atoms with E-state index in [2.05, 4.69) is 16.4 Å². The highest BCUT2D eigenvalue weighted by Gasteiger charge is 2.27. The highest BCUT2D eigenvalue weighted by atomic mass is 32.2. The van der Waals surface area contributed by atoms with E-state index in [1.54, 1.807) is 12.1 Å². The zero-order chi connectivity index (χ0) is 20.3. The van der Waals surface area contributed by atoms with Gasteiger partial charge in [-0.05, 0) is 51.1 Å². The molecule has 3 heterocycles. The first-order valence-corrected chi connectivity index (χ1v) is 12.3. The third kappa shape index (κ3) is 4.50. The smallest absolute Gasteiger partial charge is 0.243 e. The first kappa shape index (κ1) is 20.8. The van der Waals surface area contributed by atoms with Crippen LogP contribution in [0, 0.1) is 0 Å². The van der Waals surface area contributed by atoms with E-state index >= 15 is 0 Å². The van der Waals surface area contributed by atoms with Gasteiger partial charge in [-0.25, -0.2) is 13.4 Å². The van der Waals surface area contributed by atoms with Crippen LogP contribution in [0.25, 0.3) is 11.0 Å². The van der Waals surface area contributed by atoms with Gasteiger partial charge >= 0.3 is 0 Å². The van der Waals surface area contributed by atoms with Gasteiger partial charge in [-0.3, -0.25) is 4.90 Å². The number of nitrogens with zero attached hydrogens (tertiary/aromatic N) is 4. The lowest BCUT2D eigenvalue weighted by molar-refractivity contribution is 0.0730. The van der Waals surface area contributed by atoms with Gasteiger partial charge < -0.3 is 9.30 Å². The minimum atomic E-state index is -3.51. The zero-order valence-corrected chi connectivity index (χ0v) is 18.2. The van der Waals surface area contributed by atoms with Crippen molar-refractivity contribution < 1.29 is 13.2 Å². The molecule has 0 N–H and O–H groups in total. The first-order valence-electron chi connectivity index (χ1n) is 10.9. The Balaban J connectivity index is 1.61. The summed E-state index contributed by atoms with van der Waals surface area (Å²) in [5, 5.41) is 0. The van der Waals surface area contributed by atoms with Gasteiger partial charge in [0.25, 0.3) is 0 Å². The van der Waals surface area contributed by atoms with Crippen molar-refractivity contribution in [3.8, 4) is 0 Å². The van der Waals surface area contributed by atoms with Gasteiger partial charge in [0, 0.05) is 19.6 Å². The van der Waals surface area contributed by atoms with E-state index in [-0.39, 0.29) is 0 Å². The van der Waals surface area contributed by atoms with Gasteiger partial charge in [0.2, 0.25) is 10.0 Å². The Morgan fingerprint density at radius 1 is 1.00 bits per heavy atom. The van der Waals surface area contributed by atoms with Crippen LogP contribution in [0.3, 0.4) is 0 Å². The summed E-state index contributed by atoms with van der Waals surface area (Å²) in [6.07, 6.45) is 6.46. The Labute approximate surface area is 173 Å². The molecule has 0 amide bonds. The molecule has 2 aliphatic heterocycles. The van der Waals surface area contributed by atoms with Gasteiger partial charge in [-0.15, -0.1) is 0 Å². The molecule has 0 bridgehead atoms. The van der Waals surface area contributed by atoms with Crippen molar-refractivity contribution in [2.24, 2.45) is 0 Å². The van der Waals surface area contributed by atoms with Crippen LogP contribution in [0.2, 0.25) is 0 Å². The van der Waals surface area contributed by atoms with Crippen molar-refractivity contribution in [1.29, 1.82) is 0 Å². The van der Waals surface area contributed by atoms with Crippen molar-refractivity contribution >= 4 is 21.1 Å². The Hall–Kier alpha value is -1.48. The monoisotopic (exact) mass is 420 g/mol. The molecule has 2 fully saturated rings. The largest absolute Gasteiger partial charge is 0.379 e. The molecule has 1 aromatic heterocycles. The number of hydrogen-bond donors (Lipinski definition) is 0. The maximum atomic E-state index is 13.0. The number of morpholine rings is 1. The predicted octanol–water partition coefficient (Wildman–Crippen LogP) is 2.84. The quantitative estimate of drug-likeness (QED) is 0.744. The third-order valence-corrected chi connectivity index (χ3v) is 7.93. The van der Waals surface area contributed by atoms with Gasteiger partial charge in [-0.1, -0.05) is 19.3 Å². The fourth-order valence-corrected chi connectivity index (χ4v) is 5.83. The predicted molar refractivity (Wildman–Crippen MR) is 113 cm³/mol. The molecule has 0 saturated carbocycles. The Bertz CT molecular complexity index is 927. The number of aromatic nitrogens is 2. The molecule has 2 saturated heterocycles. The van der Waals surface area contributed by atoms with Crippen LogP contribution in [-0.2, 0) is 27.8 Å². The summed E-state index contributed by atoms with van der Waals surface area (Å²) in [6.45, 7) is 7.72. The summed E-state index contributed by atoms with van der Waals surface area (Å²) in [6, 6.07) is 5.38. The van der Waals surface area contributed by atoms with Gasteiger partial charge in [-0.2, -0.15) is 4.31 Å². The van der Waals surface area contributed by atoms with Crippen LogP contribution in [0.1, 0.15) is 44.9 Å². The lowest BCUT2D eigenvalue weighted by atomic mass is 10.1. The number of rotatable bonds is 5. The lowest BCUT2D eigenvalue weighted by Gasteiger charge is -2.26. The molecule has 0 unspecified atom stereocenters. The minimum absolute atomic E-state index is 0.325.